The van der Waals surface area contributed by atoms with E-state index in [-0.39, 0.29) is 10.6 Å². The van der Waals surface area contributed by atoms with E-state index in [0.717, 1.165) is 18.4 Å². The molecule has 0 amide bonds. The van der Waals surface area contributed by atoms with E-state index in [1.54, 1.807) is 6.07 Å². The van der Waals surface area contributed by atoms with Gasteiger partial charge in [-0.2, -0.15) is 0 Å². The van der Waals surface area contributed by atoms with Crippen LogP contribution in [-0.4, -0.2) is 0 Å². The lowest BCUT2D eigenvalue weighted by atomic mass is 10.00. The largest absolute Gasteiger partial charge is 0.207 e. The van der Waals surface area contributed by atoms with Gasteiger partial charge in [0.25, 0.3) is 0 Å². The highest BCUT2D eigenvalue weighted by molar-refractivity contribution is 9.10. The van der Waals surface area contributed by atoms with Crippen LogP contribution in [0.15, 0.2) is 34.8 Å². The van der Waals surface area contributed by atoms with Gasteiger partial charge in [-0.15, -0.1) is 0 Å². The second-order valence-corrected chi connectivity index (χ2v) is 7.21. The number of halogens is 4. The summed E-state index contributed by atoms with van der Waals surface area (Å²) in [5.74, 6) is -0.261. The Bertz CT molecular complexity index is 670. The lowest BCUT2D eigenvalue weighted by Gasteiger charge is -2.14. The van der Waals surface area contributed by atoms with Crippen LogP contribution in [0.5, 0.6) is 0 Å². The first-order valence-electron chi connectivity index (χ1n) is 6.46. The first-order chi connectivity index (χ1) is 9.56. The average Bonchev–Trinajstić information content (AvgIpc) is 2.89. The minimum atomic E-state index is -0.261. The van der Waals surface area contributed by atoms with Gasteiger partial charge in [0.15, 0.2) is 0 Å². The molecule has 0 heterocycles. The van der Waals surface area contributed by atoms with Crippen LogP contribution in [0.4, 0.5) is 4.39 Å². The summed E-state index contributed by atoms with van der Waals surface area (Å²) in [6, 6.07) is 9.49. The highest BCUT2D eigenvalue weighted by Crippen LogP contribution is 2.37. The Balaban J connectivity index is 2.00. The Morgan fingerprint density at radius 1 is 1.10 bits per heavy atom. The van der Waals surface area contributed by atoms with Crippen LogP contribution >= 0.6 is 43.5 Å². The molecule has 0 bridgehead atoms. The zero-order valence-electron chi connectivity index (χ0n) is 10.6. The van der Waals surface area contributed by atoms with Crippen LogP contribution in [0.25, 0.3) is 0 Å². The quantitative estimate of drug-likeness (QED) is 0.401. The van der Waals surface area contributed by atoms with Crippen LogP contribution in [0, 0.1) is 5.82 Å². The summed E-state index contributed by atoms with van der Waals surface area (Å²) in [6.07, 6.45) is 3.48. The Labute approximate surface area is 139 Å². The lowest BCUT2D eigenvalue weighted by molar-refractivity contribution is 0.612. The van der Waals surface area contributed by atoms with Gasteiger partial charge in [0, 0.05) is 10.0 Å². The van der Waals surface area contributed by atoms with Crippen molar-refractivity contribution in [3.63, 3.8) is 0 Å². The fourth-order valence-electron chi connectivity index (χ4n) is 2.66. The first kappa shape index (κ1) is 14.6. The fraction of sp³-hybridized carbons (Fsp3) is 0.250. The van der Waals surface area contributed by atoms with Crippen LogP contribution in [0.1, 0.15) is 33.5 Å². The molecule has 2 aromatic rings. The highest BCUT2D eigenvalue weighted by atomic mass is 79.9. The van der Waals surface area contributed by atoms with E-state index in [1.807, 2.05) is 0 Å². The molecule has 0 N–H and O–H groups in total. The van der Waals surface area contributed by atoms with E-state index in [9.17, 15) is 4.39 Å². The number of aryl methyl sites for hydroxylation is 2. The predicted octanol–water partition coefficient (Wildman–Crippen LogP) is 6.21. The van der Waals surface area contributed by atoms with Crippen molar-refractivity contribution < 1.29 is 4.39 Å². The van der Waals surface area contributed by atoms with Gasteiger partial charge in [0.2, 0.25) is 0 Å². The molecule has 20 heavy (non-hydrogen) atoms. The molecule has 104 valence electrons. The molecule has 0 fully saturated rings. The Morgan fingerprint density at radius 3 is 2.65 bits per heavy atom. The van der Waals surface area contributed by atoms with Crippen LogP contribution in [0.2, 0.25) is 5.02 Å². The minimum absolute atomic E-state index is 0.181. The predicted molar refractivity (Wildman–Crippen MR) is 88.3 cm³/mol. The molecule has 1 unspecified atom stereocenters. The molecule has 0 aliphatic heterocycles. The lowest BCUT2D eigenvalue weighted by Crippen LogP contribution is -1.98. The van der Waals surface area contributed by atoms with Crippen molar-refractivity contribution in [2.24, 2.45) is 0 Å². The fourth-order valence-corrected chi connectivity index (χ4v) is 3.78. The smallest absolute Gasteiger partial charge is 0.129 e. The molecule has 3 rings (SSSR count). The normalized spacial score (nSPS) is 15.2. The van der Waals surface area contributed by atoms with E-state index in [0.29, 0.717) is 15.1 Å². The number of hydrogen-bond donors (Lipinski definition) is 0. The van der Waals surface area contributed by atoms with Crippen molar-refractivity contribution in [2.45, 2.75) is 24.1 Å². The van der Waals surface area contributed by atoms with Crippen LogP contribution in [-0.2, 0) is 12.8 Å². The molecule has 1 aliphatic rings. The molecular weight excluding hydrogens is 406 g/mol. The van der Waals surface area contributed by atoms with Crippen molar-refractivity contribution in [3.8, 4) is 0 Å². The highest BCUT2D eigenvalue weighted by Gasteiger charge is 2.19. The van der Waals surface area contributed by atoms with E-state index in [1.165, 1.54) is 23.6 Å². The van der Waals surface area contributed by atoms with E-state index in [4.69, 9.17) is 11.6 Å². The summed E-state index contributed by atoms with van der Waals surface area (Å²) in [5, 5.41) is 0.520. The third-order valence-corrected chi connectivity index (χ3v) is 5.95. The minimum Gasteiger partial charge on any atom is -0.207 e. The maximum Gasteiger partial charge on any atom is 0.129 e. The van der Waals surface area contributed by atoms with E-state index < -0.39 is 0 Å². The zero-order valence-corrected chi connectivity index (χ0v) is 14.5. The summed E-state index contributed by atoms with van der Waals surface area (Å²) >= 11 is 12.9. The van der Waals surface area contributed by atoms with Gasteiger partial charge >= 0.3 is 0 Å². The van der Waals surface area contributed by atoms with Gasteiger partial charge in [0.05, 0.1) is 9.85 Å². The Morgan fingerprint density at radius 2 is 1.85 bits per heavy atom. The van der Waals surface area contributed by atoms with Crippen molar-refractivity contribution in [2.75, 3.05) is 0 Å². The molecule has 0 saturated carbocycles. The summed E-state index contributed by atoms with van der Waals surface area (Å²) in [6.45, 7) is 0. The molecule has 0 saturated heterocycles. The van der Waals surface area contributed by atoms with Crippen LogP contribution in [0.3, 0.4) is 0 Å². The summed E-state index contributed by atoms with van der Waals surface area (Å²) in [7, 11) is 0. The SMILES string of the molecule is Fc1cc(Br)c(Cl)cc1C(Br)c1ccc2c(c1)CCC2. The van der Waals surface area contributed by atoms with Crippen molar-refractivity contribution in [1.82, 2.24) is 0 Å². The van der Waals surface area contributed by atoms with Gasteiger partial charge in [-0.25, -0.2) is 4.39 Å². The standard InChI is InChI=1S/C16H12Br2ClF/c17-13-8-15(20)12(7-14(13)19)16(18)11-5-4-9-2-1-3-10(9)6-11/h4-8,16H,1-3H2. The second-order valence-electron chi connectivity index (χ2n) is 5.03. The van der Waals surface area contributed by atoms with Crippen molar-refractivity contribution >= 4 is 43.5 Å². The molecule has 0 radical (unpaired) electrons. The maximum absolute atomic E-state index is 14.1. The van der Waals surface area contributed by atoms with Gasteiger partial charge in [-0.3, -0.25) is 0 Å². The number of fused-ring (bicyclic) bond motifs is 1. The van der Waals surface area contributed by atoms with Gasteiger partial charge in [0.1, 0.15) is 5.82 Å². The molecule has 4 heteroatoms. The number of hydrogen-bond acceptors (Lipinski definition) is 0. The third kappa shape index (κ3) is 2.68. The summed E-state index contributed by atoms with van der Waals surface area (Å²) in [4.78, 5) is -0.181. The second kappa shape index (κ2) is 5.78. The summed E-state index contributed by atoms with van der Waals surface area (Å²) < 4.78 is 14.7. The van der Waals surface area contributed by atoms with Gasteiger partial charge in [-0.1, -0.05) is 45.7 Å². The molecule has 0 nitrogen and oxygen atoms in total. The number of rotatable bonds is 2. The Hall–Kier alpha value is -0.380. The average molecular weight is 419 g/mol. The van der Waals surface area contributed by atoms with Crippen molar-refractivity contribution in [1.29, 1.82) is 0 Å². The third-order valence-electron chi connectivity index (χ3n) is 3.73. The maximum atomic E-state index is 14.1. The van der Waals surface area contributed by atoms with E-state index in [2.05, 4.69) is 50.1 Å². The molecule has 2 aromatic carbocycles. The molecule has 1 aliphatic carbocycles. The number of benzene rings is 2. The topological polar surface area (TPSA) is 0 Å². The van der Waals surface area contributed by atoms with Crippen LogP contribution < -0.4 is 0 Å². The molecule has 0 aromatic heterocycles. The molecule has 1 atom stereocenters. The zero-order chi connectivity index (χ0) is 14.3. The van der Waals surface area contributed by atoms with Crippen molar-refractivity contribution in [3.05, 3.63) is 67.9 Å². The molecular formula is C16H12Br2ClF. The summed E-state index contributed by atoms with van der Waals surface area (Å²) in [5.41, 5.74) is 4.44. The Kier molecular flexibility index (Phi) is 4.21. The first-order valence-corrected chi connectivity index (χ1v) is 8.55. The number of alkyl halides is 1. The van der Waals surface area contributed by atoms with Gasteiger partial charge < -0.3 is 0 Å². The monoisotopic (exact) mass is 416 g/mol. The molecule has 0 spiro atoms. The van der Waals surface area contributed by atoms with E-state index >= 15 is 0 Å². The van der Waals surface area contributed by atoms with Gasteiger partial charge in [-0.05, 0) is 64.0 Å².